The third kappa shape index (κ3) is 40.7. The highest BCUT2D eigenvalue weighted by Crippen LogP contribution is 2.23. The molecule has 0 atom stereocenters. The number of hydrogen-bond donors (Lipinski definition) is 0. The van der Waals surface area contributed by atoms with Gasteiger partial charge in [0, 0.05) is 26.9 Å². The van der Waals surface area contributed by atoms with Crippen LogP contribution < -0.4 is 0 Å². The lowest BCUT2D eigenvalue weighted by Gasteiger charge is -2.17. The highest BCUT2D eigenvalue weighted by atomic mass is 16.5. The van der Waals surface area contributed by atoms with Gasteiger partial charge in [-0.15, -0.1) is 0 Å². The number of allylic oxidation sites excluding steroid dienone is 2. The molecule has 0 rings (SSSR count). The summed E-state index contributed by atoms with van der Waals surface area (Å²) in [5.41, 5.74) is 0. The fraction of sp³-hybridized carbons (Fsp3) is 0.846. The number of nitrogens with zero attached hydrogens (tertiary/aromatic N) is 1. The molecule has 340 valence electrons. The SMILES string of the molecule is CCCCCC(C/C=C\COC(=O)CCCCCCCC(CCCCCCCC(=O)OC/C=C\CC(CCCCC)CCCCC)OC/C=C/N(C)C)CCCCC. The van der Waals surface area contributed by atoms with Gasteiger partial charge in [-0.1, -0.05) is 206 Å². The summed E-state index contributed by atoms with van der Waals surface area (Å²) in [6.07, 6.45) is 50.4. The summed E-state index contributed by atoms with van der Waals surface area (Å²) in [4.78, 5) is 26.6. The Hall–Kier alpha value is -2.08. The summed E-state index contributed by atoms with van der Waals surface area (Å²) in [7, 11) is 4.06. The maximum absolute atomic E-state index is 12.3. The minimum atomic E-state index is -0.0660. The van der Waals surface area contributed by atoms with Gasteiger partial charge in [0.25, 0.3) is 0 Å². The van der Waals surface area contributed by atoms with Crippen molar-refractivity contribution in [2.24, 2.45) is 11.8 Å². The van der Waals surface area contributed by atoms with Crippen molar-refractivity contribution in [3.63, 3.8) is 0 Å². The molecule has 0 saturated carbocycles. The molecule has 0 fully saturated rings. The maximum atomic E-state index is 12.3. The topological polar surface area (TPSA) is 65.1 Å². The van der Waals surface area contributed by atoms with E-state index in [-0.39, 0.29) is 18.0 Å². The van der Waals surface area contributed by atoms with E-state index in [1.807, 2.05) is 19.0 Å². The van der Waals surface area contributed by atoms with Gasteiger partial charge in [0.2, 0.25) is 0 Å². The number of esters is 2. The molecule has 0 aliphatic carbocycles. The monoisotopic (exact) mass is 816 g/mol. The molecule has 0 aromatic carbocycles. The minimum absolute atomic E-state index is 0.0660. The zero-order valence-electron chi connectivity index (χ0n) is 39.4. The number of rotatable bonds is 44. The van der Waals surface area contributed by atoms with Gasteiger partial charge in [-0.2, -0.15) is 0 Å². The molecule has 0 aliphatic rings. The van der Waals surface area contributed by atoms with Crippen molar-refractivity contribution in [2.45, 2.75) is 239 Å². The van der Waals surface area contributed by atoms with Crippen molar-refractivity contribution in [3.8, 4) is 0 Å². The molecule has 0 spiro atoms. The van der Waals surface area contributed by atoms with Crippen LogP contribution in [-0.4, -0.2) is 56.9 Å². The fourth-order valence-corrected chi connectivity index (χ4v) is 7.73. The number of ether oxygens (including phenoxy) is 3. The number of carbonyl (C=O) groups excluding carboxylic acids is 2. The molecule has 6 nitrogen and oxygen atoms in total. The van der Waals surface area contributed by atoms with E-state index >= 15 is 0 Å². The molecule has 0 saturated heterocycles. The van der Waals surface area contributed by atoms with Crippen molar-refractivity contribution in [2.75, 3.05) is 33.9 Å². The van der Waals surface area contributed by atoms with E-state index in [2.05, 4.69) is 64.3 Å². The second-order valence-electron chi connectivity index (χ2n) is 17.4. The molecule has 0 radical (unpaired) electrons. The van der Waals surface area contributed by atoms with Gasteiger partial charge in [-0.05, 0) is 62.6 Å². The standard InChI is InChI=1S/C52H97NO5/c1-7-11-21-34-48(35-22-12-8-2)38-29-31-45-57-51(54)42-27-19-15-17-25-40-50(56-47-33-44-53(5)6)41-26-18-16-20-28-43-52(55)58-46-32-30-39-49(36-23-13-9-3)37-24-14-10-4/h29-33,44,48-50H,7-28,34-43,45-47H2,1-6H3/b31-29-,32-30-,44-33+. The molecular formula is C52H97NO5. The van der Waals surface area contributed by atoms with Crippen molar-refractivity contribution in [3.05, 3.63) is 36.6 Å². The smallest absolute Gasteiger partial charge is 0.306 e. The first-order chi connectivity index (χ1) is 28.4. The highest BCUT2D eigenvalue weighted by Gasteiger charge is 2.11. The van der Waals surface area contributed by atoms with Gasteiger partial charge in [0.1, 0.15) is 13.2 Å². The Labute approximate surface area is 361 Å². The van der Waals surface area contributed by atoms with Crippen LogP contribution in [0.4, 0.5) is 0 Å². The van der Waals surface area contributed by atoms with Crippen LogP contribution in [0.25, 0.3) is 0 Å². The van der Waals surface area contributed by atoms with Gasteiger partial charge < -0.3 is 19.1 Å². The average Bonchev–Trinajstić information content (AvgIpc) is 3.20. The quantitative estimate of drug-likeness (QED) is 0.0347. The molecular weight excluding hydrogens is 719 g/mol. The van der Waals surface area contributed by atoms with Crippen LogP contribution in [0.2, 0.25) is 0 Å². The molecule has 0 bridgehead atoms. The number of carbonyl (C=O) groups is 2. The van der Waals surface area contributed by atoms with E-state index in [9.17, 15) is 9.59 Å². The van der Waals surface area contributed by atoms with Crippen LogP contribution in [0.1, 0.15) is 233 Å². The third-order valence-corrected chi connectivity index (χ3v) is 11.5. The van der Waals surface area contributed by atoms with Crippen LogP contribution in [0.5, 0.6) is 0 Å². The molecule has 0 amide bonds. The zero-order chi connectivity index (χ0) is 42.6. The molecule has 0 N–H and O–H groups in total. The van der Waals surface area contributed by atoms with Crippen LogP contribution in [0.3, 0.4) is 0 Å². The number of unbranched alkanes of at least 4 members (excludes halogenated alkanes) is 16. The molecule has 6 heteroatoms. The predicted molar refractivity (Wildman–Crippen MR) is 250 cm³/mol. The molecule has 0 aromatic rings. The second-order valence-corrected chi connectivity index (χ2v) is 17.4. The van der Waals surface area contributed by atoms with Crippen LogP contribution in [0.15, 0.2) is 36.6 Å². The first kappa shape index (κ1) is 55.9. The molecule has 58 heavy (non-hydrogen) atoms. The van der Waals surface area contributed by atoms with Gasteiger partial charge in [0.05, 0.1) is 12.7 Å². The third-order valence-electron chi connectivity index (χ3n) is 11.5. The minimum Gasteiger partial charge on any atom is -0.461 e. The summed E-state index contributed by atoms with van der Waals surface area (Å²) in [5.74, 6) is 1.41. The van der Waals surface area contributed by atoms with E-state index in [4.69, 9.17) is 14.2 Å². The Kier molecular flexibility index (Phi) is 42.9. The van der Waals surface area contributed by atoms with Crippen LogP contribution in [0, 0.1) is 11.8 Å². The Bertz CT molecular complexity index is 889. The summed E-state index contributed by atoms with van der Waals surface area (Å²) in [6, 6.07) is 0. The lowest BCUT2D eigenvalue weighted by atomic mass is 9.92. The van der Waals surface area contributed by atoms with E-state index < -0.39 is 0 Å². The van der Waals surface area contributed by atoms with E-state index in [0.29, 0.717) is 32.7 Å². The second kappa shape index (κ2) is 44.5. The maximum Gasteiger partial charge on any atom is 0.306 e. The van der Waals surface area contributed by atoms with E-state index in [0.717, 1.165) is 88.9 Å². The lowest BCUT2D eigenvalue weighted by Crippen LogP contribution is -2.14. The van der Waals surface area contributed by atoms with Crippen LogP contribution >= 0.6 is 0 Å². The molecule has 0 aromatic heterocycles. The largest absolute Gasteiger partial charge is 0.461 e. The van der Waals surface area contributed by atoms with Gasteiger partial charge in [-0.25, -0.2) is 0 Å². The van der Waals surface area contributed by atoms with Crippen molar-refractivity contribution >= 4 is 11.9 Å². The number of hydrogen-bond acceptors (Lipinski definition) is 6. The molecule has 0 unspecified atom stereocenters. The highest BCUT2D eigenvalue weighted by molar-refractivity contribution is 5.69. The Balaban J connectivity index is 4.21. The predicted octanol–water partition coefficient (Wildman–Crippen LogP) is 15.4. The Morgan fingerprint density at radius 1 is 0.431 bits per heavy atom. The van der Waals surface area contributed by atoms with Crippen LogP contribution in [-0.2, 0) is 23.8 Å². The van der Waals surface area contributed by atoms with E-state index in [1.165, 1.54) is 116 Å². The average molecular weight is 816 g/mol. The first-order valence-electron chi connectivity index (χ1n) is 24.9. The Morgan fingerprint density at radius 3 is 1.17 bits per heavy atom. The molecule has 0 heterocycles. The van der Waals surface area contributed by atoms with Crippen molar-refractivity contribution in [1.82, 2.24) is 4.90 Å². The molecule has 0 aliphatic heterocycles. The van der Waals surface area contributed by atoms with E-state index in [1.54, 1.807) is 0 Å². The first-order valence-corrected chi connectivity index (χ1v) is 24.9. The summed E-state index contributed by atoms with van der Waals surface area (Å²) in [5, 5.41) is 0. The van der Waals surface area contributed by atoms with Gasteiger partial charge >= 0.3 is 11.9 Å². The summed E-state index contributed by atoms with van der Waals surface area (Å²) >= 11 is 0. The Morgan fingerprint density at radius 2 is 0.793 bits per heavy atom. The summed E-state index contributed by atoms with van der Waals surface area (Å²) in [6.45, 7) is 10.6. The van der Waals surface area contributed by atoms with Crippen molar-refractivity contribution in [1.29, 1.82) is 0 Å². The van der Waals surface area contributed by atoms with Crippen molar-refractivity contribution < 1.29 is 23.8 Å². The summed E-state index contributed by atoms with van der Waals surface area (Å²) < 4.78 is 17.3. The lowest BCUT2D eigenvalue weighted by molar-refractivity contribution is -0.143. The fourth-order valence-electron chi connectivity index (χ4n) is 7.73. The van der Waals surface area contributed by atoms with Gasteiger partial charge in [0.15, 0.2) is 0 Å². The normalized spacial score (nSPS) is 12.1. The van der Waals surface area contributed by atoms with Gasteiger partial charge in [-0.3, -0.25) is 9.59 Å². The zero-order valence-corrected chi connectivity index (χ0v) is 39.4.